The Kier molecular flexibility index (Phi) is 2.81. The molecule has 0 amide bonds. The van der Waals surface area contributed by atoms with Crippen LogP contribution in [0.4, 0.5) is 0 Å². The predicted molar refractivity (Wildman–Crippen MR) is 60.2 cm³/mol. The molecule has 2 aromatic rings. The van der Waals surface area contributed by atoms with E-state index >= 15 is 0 Å². The molecule has 16 heavy (non-hydrogen) atoms. The van der Waals surface area contributed by atoms with Gasteiger partial charge in [-0.25, -0.2) is 0 Å². The number of hydrogen-bond donors (Lipinski definition) is 1. The molecule has 1 atom stereocenters. The summed E-state index contributed by atoms with van der Waals surface area (Å²) in [4.78, 5) is 19.2. The van der Waals surface area contributed by atoms with Crippen LogP contribution < -0.4 is 0 Å². The average Bonchev–Trinajstić information content (AvgIpc) is 2.30. The molecule has 82 valence electrons. The van der Waals surface area contributed by atoms with Crippen LogP contribution in [0.3, 0.4) is 0 Å². The first kappa shape index (κ1) is 10.5. The van der Waals surface area contributed by atoms with Gasteiger partial charge in [0.15, 0.2) is 0 Å². The molecule has 0 saturated heterocycles. The van der Waals surface area contributed by atoms with Gasteiger partial charge in [0.25, 0.3) is 0 Å². The predicted octanol–water partition coefficient (Wildman–Crippen LogP) is 2.21. The van der Waals surface area contributed by atoms with Crippen LogP contribution in [0.2, 0.25) is 0 Å². The van der Waals surface area contributed by atoms with Gasteiger partial charge in [0.1, 0.15) is 0 Å². The van der Waals surface area contributed by atoms with Gasteiger partial charge in [0, 0.05) is 35.6 Å². The summed E-state index contributed by atoms with van der Waals surface area (Å²) >= 11 is 0. The summed E-state index contributed by atoms with van der Waals surface area (Å²) in [6.07, 6.45) is 7.25. The normalized spacial score (nSPS) is 12.6. The summed E-state index contributed by atoms with van der Waals surface area (Å²) in [5, 5.41) is 10.9. The summed E-state index contributed by atoms with van der Waals surface area (Å²) in [5.74, 6) is -1.33. The van der Waals surface area contributed by atoms with Crippen molar-refractivity contribution in [3.63, 3.8) is 0 Å². The van der Waals surface area contributed by atoms with Crippen LogP contribution in [-0.4, -0.2) is 21.0 Å². The molecule has 1 N–H and O–H groups in total. The highest BCUT2D eigenvalue weighted by Crippen LogP contribution is 2.26. The zero-order valence-corrected chi connectivity index (χ0v) is 8.92. The van der Waals surface area contributed by atoms with Crippen molar-refractivity contribution in [2.75, 3.05) is 0 Å². The molecular formula is C12H12N2O2. The van der Waals surface area contributed by atoms with Crippen molar-refractivity contribution in [1.82, 2.24) is 9.97 Å². The van der Waals surface area contributed by atoms with Crippen molar-refractivity contribution < 1.29 is 9.90 Å². The van der Waals surface area contributed by atoms with Gasteiger partial charge in [-0.1, -0.05) is 6.92 Å². The average molecular weight is 216 g/mol. The maximum absolute atomic E-state index is 11.1. The number of carboxylic acids is 1. The van der Waals surface area contributed by atoms with Gasteiger partial charge < -0.3 is 5.11 Å². The zero-order valence-electron chi connectivity index (χ0n) is 8.92. The summed E-state index contributed by atoms with van der Waals surface area (Å²) < 4.78 is 0. The Hall–Kier alpha value is -1.97. The largest absolute Gasteiger partial charge is 0.481 e. The van der Waals surface area contributed by atoms with Gasteiger partial charge in [-0.2, -0.15) is 0 Å². The topological polar surface area (TPSA) is 63.1 Å². The molecule has 0 aromatic carbocycles. The summed E-state index contributed by atoms with van der Waals surface area (Å²) in [6, 6.07) is 1.83. The fourth-order valence-electron chi connectivity index (χ4n) is 1.83. The lowest BCUT2D eigenvalue weighted by Crippen LogP contribution is -2.11. The number of aromatic nitrogens is 2. The highest BCUT2D eigenvalue weighted by atomic mass is 16.4. The van der Waals surface area contributed by atoms with Crippen molar-refractivity contribution in [2.24, 2.45) is 0 Å². The Bertz CT molecular complexity index is 520. The number of rotatable bonds is 3. The van der Waals surface area contributed by atoms with Gasteiger partial charge in [0.2, 0.25) is 0 Å². The van der Waals surface area contributed by atoms with Crippen LogP contribution >= 0.6 is 0 Å². The van der Waals surface area contributed by atoms with Gasteiger partial charge >= 0.3 is 5.97 Å². The first-order valence-electron chi connectivity index (χ1n) is 5.14. The lowest BCUT2D eigenvalue weighted by molar-refractivity contribution is -0.138. The molecule has 0 aliphatic rings. The summed E-state index contributed by atoms with van der Waals surface area (Å²) in [7, 11) is 0. The molecule has 4 heteroatoms. The molecule has 0 radical (unpaired) electrons. The van der Waals surface area contributed by atoms with Crippen LogP contribution in [-0.2, 0) is 4.79 Å². The third kappa shape index (κ3) is 1.74. The molecule has 0 aliphatic carbocycles. The van der Waals surface area contributed by atoms with Crippen molar-refractivity contribution >= 4 is 16.7 Å². The molecule has 0 spiro atoms. The highest BCUT2D eigenvalue weighted by molar-refractivity contribution is 5.89. The van der Waals surface area contributed by atoms with Crippen LogP contribution in [0.25, 0.3) is 10.8 Å². The number of hydrogen-bond acceptors (Lipinski definition) is 3. The second kappa shape index (κ2) is 4.26. The quantitative estimate of drug-likeness (QED) is 0.854. The minimum Gasteiger partial charge on any atom is -0.481 e. The third-order valence-electron chi connectivity index (χ3n) is 2.67. The molecule has 2 heterocycles. The van der Waals surface area contributed by atoms with Crippen molar-refractivity contribution in [1.29, 1.82) is 0 Å². The van der Waals surface area contributed by atoms with E-state index in [-0.39, 0.29) is 0 Å². The van der Waals surface area contributed by atoms with Gasteiger partial charge in [-0.05, 0) is 18.1 Å². The van der Waals surface area contributed by atoms with E-state index in [1.54, 1.807) is 24.8 Å². The molecule has 1 unspecified atom stereocenters. The molecule has 0 aliphatic heterocycles. The Morgan fingerprint density at radius 2 is 2.19 bits per heavy atom. The second-order valence-corrected chi connectivity index (χ2v) is 3.62. The van der Waals surface area contributed by atoms with E-state index in [1.807, 2.05) is 13.0 Å². The fraction of sp³-hybridized carbons (Fsp3) is 0.250. The van der Waals surface area contributed by atoms with E-state index in [2.05, 4.69) is 9.97 Å². The Labute approximate surface area is 93.0 Å². The molecule has 0 saturated carbocycles. The van der Waals surface area contributed by atoms with Crippen LogP contribution in [0.1, 0.15) is 24.8 Å². The minimum absolute atomic E-state index is 0.514. The van der Waals surface area contributed by atoms with Crippen LogP contribution in [0.15, 0.2) is 30.9 Å². The summed E-state index contributed by atoms with van der Waals surface area (Å²) in [5.41, 5.74) is 0.737. The summed E-state index contributed by atoms with van der Waals surface area (Å²) in [6.45, 7) is 1.86. The zero-order chi connectivity index (χ0) is 11.5. The van der Waals surface area contributed by atoms with Gasteiger partial charge in [-0.3, -0.25) is 14.8 Å². The van der Waals surface area contributed by atoms with E-state index in [1.165, 1.54) is 0 Å². The maximum atomic E-state index is 11.1. The van der Waals surface area contributed by atoms with E-state index in [9.17, 15) is 4.79 Å². The molecule has 0 fully saturated rings. The fourth-order valence-corrected chi connectivity index (χ4v) is 1.83. The Morgan fingerprint density at radius 3 is 2.88 bits per heavy atom. The maximum Gasteiger partial charge on any atom is 0.311 e. The Morgan fingerprint density at radius 1 is 1.38 bits per heavy atom. The standard InChI is InChI=1S/C12H12N2O2/c1-2-9(12(15)16)11-7-14-5-8-3-4-13-6-10(8)11/h3-7,9H,2H2,1H3,(H,15,16). The Balaban J connectivity index is 2.63. The second-order valence-electron chi connectivity index (χ2n) is 3.62. The SMILES string of the molecule is CCC(C(=O)O)c1cncc2ccncc12. The smallest absolute Gasteiger partial charge is 0.311 e. The van der Waals surface area contributed by atoms with Crippen LogP contribution in [0, 0.1) is 0 Å². The number of pyridine rings is 2. The first-order chi connectivity index (χ1) is 7.74. The van der Waals surface area contributed by atoms with Crippen LogP contribution in [0.5, 0.6) is 0 Å². The van der Waals surface area contributed by atoms with E-state index in [0.717, 1.165) is 16.3 Å². The molecule has 0 bridgehead atoms. The van der Waals surface area contributed by atoms with E-state index in [4.69, 9.17) is 5.11 Å². The van der Waals surface area contributed by atoms with Crippen molar-refractivity contribution in [3.8, 4) is 0 Å². The lowest BCUT2D eigenvalue weighted by Gasteiger charge is -2.11. The molecule has 4 nitrogen and oxygen atoms in total. The number of carbonyl (C=O) groups is 1. The molecular weight excluding hydrogens is 204 g/mol. The number of fused-ring (bicyclic) bond motifs is 1. The molecule has 2 rings (SSSR count). The monoisotopic (exact) mass is 216 g/mol. The number of carboxylic acid groups (broad SMARTS) is 1. The minimum atomic E-state index is -0.819. The van der Waals surface area contributed by atoms with E-state index in [0.29, 0.717) is 6.42 Å². The van der Waals surface area contributed by atoms with Gasteiger partial charge in [-0.15, -0.1) is 0 Å². The van der Waals surface area contributed by atoms with Crippen molar-refractivity contribution in [3.05, 3.63) is 36.4 Å². The highest BCUT2D eigenvalue weighted by Gasteiger charge is 2.20. The van der Waals surface area contributed by atoms with Gasteiger partial charge in [0.05, 0.1) is 5.92 Å². The lowest BCUT2D eigenvalue weighted by atomic mass is 9.94. The third-order valence-corrected chi connectivity index (χ3v) is 2.67. The first-order valence-corrected chi connectivity index (χ1v) is 5.14. The number of aliphatic carboxylic acids is 1. The molecule has 2 aromatic heterocycles. The number of nitrogens with zero attached hydrogens (tertiary/aromatic N) is 2. The van der Waals surface area contributed by atoms with E-state index < -0.39 is 11.9 Å². The van der Waals surface area contributed by atoms with Crippen molar-refractivity contribution in [2.45, 2.75) is 19.3 Å².